The molecule has 0 aromatic heterocycles. The van der Waals surface area contributed by atoms with Gasteiger partial charge in [-0.25, -0.2) is 8.78 Å². The van der Waals surface area contributed by atoms with E-state index in [1.165, 1.54) is 6.07 Å². The highest BCUT2D eigenvalue weighted by Gasteiger charge is 2.00. The van der Waals surface area contributed by atoms with Gasteiger partial charge in [-0.3, -0.25) is 0 Å². The Morgan fingerprint density at radius 1 is 1.27 bits per heavy atom. The van der Waals surface area contributed by atoms with Crippen LogP contribution >= 0.6 is 0 Å². The van der Waals surface area contributed by atoms with E-state index < -0.39 is 11.6 Å². The second-order valence-electron chi connectivity index (χ2n) is 1.76. The summed E-state index contributed by atoms with van der Waals surface area (Å²) in [4.78, 5) is 0. The topological polar surface area (TPSA) is 29.4 Å². The van der Waals surface area contributed by atoms with E-state index in [0.29, 0.717) is 0 Å². The number of nitrogens with zero attached hydrogens (tertiary/aromatic N) is 1. The molecule has 0 aliphatic carbocycles. The van der Waals surface area contributed by atoms with Gasteiger partial charge in [-0.15, -0.1) is 0 Å². The van der Waals surface area contributed by atoms with Crippen molar-refractivity contribution >= 4 is 17.2 Å². The fraction of sp³-hybridized carbons (Fsp3) is 0. The highest BCUT2D eigenvalue weighted by molar-refractivity contribution is 7.54. The molecule has 0 atom stereocenters. The van der Waals surface area contributed by atoms with Crippen molar-refractivity contribution in [3.8, 4) is 0 Å². The molecular weight excluding hydrogens is 172 g/mol. The average molecular weight is 175 g/mol. The normalized spacial score (nSPS) is 9.27. The van der Waals surface area contributed by atoms with E-state index in [1.807, 2.05) is 0 Å². The minimum Gasteiger partial charge on any atom is -0.204 e. The molecule has 0 saturated carbocycles. The molecule has 0 aliphatic rings. The van der Waals surface area contributed by atoms with Gasteiger partial charge in [0.25, 0.3) is 0 Å². The maximum Gasteiger partial charge on any atom is 0.205 e. The van der Waals surface area contributed by atoms with Gasteiger partial charge in [0.15, 0.2) is 11.6 Å². The molecule has 0 N–H and O–H groups in total. The molecule has 0 spiro atoms. The highest BCUT2D eigenvalue weighted by atomic mass is 32.1. The quantitative estimate of drug-likeness (QED) is 0.641. The van der Waals surface area contributed by atoms with Crippen molar-refractivity contribution in [2.75, 3.05) is 0 Å². The number of hydrogen-bond acceptors (Lipinski definition) is 2. The average Bonchev–Trinajstić information content (AvgIpc) is 1.98. The first kappa shape index (κ1) is 8.00. The van der Waals surface area contributed by atoms with Crippen LogP contribution in [0.3, 0.4) is 0 Å². The van der Waals surface area contributed by atoms with Crippen molar-refractivity contribution < 1.29 is 13.0 Å². The lowest BCUT2D eigenvalue weighted by molar-refractivity contribution is 0.509. The summed E-state index contributed by atoms with van der Waals surface area (Å²) in [6, 6.07) is 3.01. The van der Waals surface area contributed by atoms with Crippen molar-refractivity contribution in [1.82, 2.24) is 0 Å². The molecule has 0 unspecified atom stereocenters. The van der Waals surface area contributed by atoms with Crippen molar-refractivity contribution in [2.45, 2.75) is 0 Å². The summed E-state index contributed by atoms with van der Waals surface area (Å²) in [6.45, 7) is 0. The predicted molar refractivity (Wildman–Crippen MR) is 36.6 cm³/mol. The minimum atomic E-state index is -1.000. The summed E-state index contributed by atoms with van der Waals surface area (Å²) in [7, 11) is 0. The number of halogens is 2. The molecule has 1 aromatic rings. The Balaban J connectivity index is 3.14. The van der Waals surface area contributed by atoms with Crippen molar-refractivity contribution in [3.05, 3.63) is 29.8 Å². The molecule has 0 bridgehead atoms. The van der Waals surface area contributed by atoms with Crippen LogP contribution in [0.5, 0.6) is 0 Å². The van der Waals surface area contributed by atoms with Gasteiger partial charge >= 0.3 is 0 Å². The largest absolute Gasteiger partial charge is 0.205 e. The smallest absolute Gasteiger partial charge is 0.204 e. The van der Waals surface area contributed by atoms with Crippen molar-refractivity contribution in [2.24, 2.45) is 4.36 Å². The predicted octanol–water partition coefficient (Wildman–Crippen LogP) is 1.99. The van der Waals surface area contributed by atoms with E-state index in [-0.39, 0.29) is 17.2 Å². The Labute approximate surface area is 65.1 Å². The zero-order chi connectivity index (χ0) is 8.27. The molecule has 0 amide bonds. The first-order chi connectivity index (χ1) is 5.24. The fourth-order valence-corrected chi connectivity index (χ4v) is 0.784. The standard InChI is InChI=1S/C6H3F2NOS/c7-5-2-1-4(9-11-10)3-6(5)8/h1-3H. The zero-order valence-corrected chi connectivity index (χ0v) is 6.07. The van der Waals surface area contributed by atoms with Crippen LogP contribution in [0.25, 0.3) is 0 Å². The third kappa shape index (κ3) is 1.91. The van der Waals surface area contributed by atoms with Crippen LogP contribution in [-0.4, -0.2) is 4.21 Å². The summed E-state index contributed by atoms with van der Waals surface area (Å²) < 4.78 is 37.7. The molecule has 0 radical (unpaired) electrons. The van der Waals surface area contributed by atoms with Gasteiger partial charge in [-0.05, 0) is 12.1 Å². The van der Waals surface area contributed by atoms with E-state index in [1.54, 1.807) is 0 Å². The third-order valence-corrected chi connectivity index (χ3v) is 1.33. The van der Waals surface area contributed by atoms with E-state index in [2.05, 4.69) is 4.36 Å². The van der Waals surface area contributed by atoms with Crippen LogP contribution in [0.2, 0.25) is 0 Å². The first-order valence-corrected chi connectivity index (χ1v) is 3.39. The maximum absolute atomic E-state index is 12.4. The van der Waals surface area contributed by atoms with E-state index in [9.17, 15) is 13.0 Å². The number of benzene rings is 1. The fourth-order valence-electron chi connectivity index (χ4n) is 0.585. The Bertz CT molecular complexity index is 322. The summed E-state index contributed by atoms with van der Waals surface area (Å²) in [5, 5.41) is 0. The van der Waals surface area contributed by atoms with Gasteiger partial charge in [0.2, 0.25) is 11.5 Å². The molecular formula is C6H3F2NOS. The molecule has 0 fully saturated rings. The number of hydrogen-bond donors (Lipinski definition) is 0. The van der Waals surface area contributed by atoms with Crippen molar-refractivity contribution in [3.63, 3.8) is 0 Å². The monoisotopic (exact) mass is 175 g/mol. The lowest BCUT2D eigenvalue weighted by atomic mass is 10.3. The summed E-state index contributed by atoms with van der Waals surface area (Å²) in [5.74, 6) is -1.94. The van der Waals surface area contributed by atoms with E-state index >= 15 is 0 Å². The number of rotatable bonds is 1. The Morgan fingerprint density at radius 2 is 2.00 bits per heavy atom. The lowest BCUT2D eigenvalue weighted by Crippen LogP contribution is -1.79. The van der Waals surface area contributed by atoms with Gasteiger partial charge in [-0.2, -0.15) is 8.57 Å². The van der Waals surface area contributed by atoms with Gasteiger partial charge in [0, 0.05) is 6.07 Å². The highest BCUT2D eigenvalue weighted by Crippen LogP contribution is 2.15. The van der Waals surface area contributed by atoms with Crippen LogP contribution in [0.15, 0.2) is 22.6 Å². The summed E-state index contributed by atoms with van der Waals surface area (Å²) in [5.41, 5.74) is 0.129. The van der Waals surface area contributed by atoms with Gasteiger partial charge in [0.1, 0.15) is 0 Å². The molecule has 0 heterocycles. The molecule has 58 valence electrons. The Morgan fingerprint density at radius 3 is 2.55 bits per heavy atom. The molecule has 2 nitrogen and oxygen atoms in total. The summed E-state index contributed by atoms with van der Waals surface area (Å²) >= 11 is -0.0448. The van der Waals surface area contributed by atoms with Crippen LogP contribution in [0, 0.1) is 11.6 Å². The van der Waals surface area contributed by atoms with E-state index in [0.717, 1.165) is 12.1 Å². The second-order valence-corrected chi connectivity index (χ2v) is 2.10. The Hall–Kier alpha value is -1.10. The Kier molecular flexibility index (Phi) is 2.43. The van der Waals surface area contributed by atoms with Gasteiger partial charge in [-0.1, -0.05) is 0 Å². The van der Waals surface area contributed by atoms with Crippen LogP contribution in [0.1, 0.15) is 0 Å². The van der Waals surface area contributed by atoms with Gasteiger partial charge in [0.05, 0.1) is 5.69 Å². The molecule has 11 heavy (non-hydrogen) atoms. The molecule has 0 aliphatic heterocycles. The summed E-state index contributed by atoms with van der Waals surface area (Å²) in [6.07, 6.45) is 0. The molecule has 0 saturated heterocycles. The van der Waals surface area contributed by atoms with Crippen LogP contribution in [-0.2, 0) is 11.5 Å². The second kappa shape index (κ2) is 3.34. The lowest BCUT2D eigenvalue weighted by Gasteiger charge is -1.91. The first-order valence-electron chi connectivity index (χ1n) is 2.69. The molecule has 1 rings (SSSR count). The van der Waals surface area contributed by atoms with Gasteiger partial charge < -0.3 is 0 Å². The maximum atomic E-state index is 12.4. The molecule has 1 aromatic carbocycles. The molecule has 5 heteroatoms. The van der Waals surface area contributed by atoms with Crippen LogP contribution in [0.4, 0.5) is 14.5 Å². The third-order valence-electron chi connectivity index (χ3n) is 1.05. The van der Waals surface area contributed by atoms with E-state index in [4.69, 9.17) is 0 Å². The van der Waals surface area contributed by atoms with Crippen molar-refractivity contribution in [1.29, 1.82) is 0 Å². The SMILES string of the molecule is O=S=Nc1ccc(F)c(F)c1. The van der Waals surface area contributed by atoms with Crippen LogP contribution < -0.4 is 0 Å². The zero-order valence-electron chi connectivity index (χ0n) is 5.25. The minimum absolute atomic E-state index is 0.0448.